The summed E-state index contributed by atoms with van der Waals surface area (Å²) in [5.41, 5.74) is 2.09. The second-order valence-electron chi connectivity index (χ2n) is 9.48. The maximum absolute atomic E-state index is 12.8. The molecular formula is C29H34N6O2. The second kappa shape index (κ2) is 11.9. The predicted octanol–water partition coefficient (Wildman–Crippen LogP) is 4.90. The van der Waals surface area contributed by atoms with Gasteiger partial charge in [0.1, 0.15) is 29.3 Å². The number of ether oxygens (including phenoxy) is 1. The van der Waals surface area contributed by atoms with Crippen LogP contribution in [-0.4, -0.2) is 40.6 Å². The van der Waals surface area contributed by atoms with Crippen LogP contribution in [0.2, 0.25) is 0 Å². The standard InChI is InChI=1S/C29H34N6O2/c1-30-27-26-13-16-35(28(26)34-20-33-27)23-12-11-22(18-23)29(36)32-15-6-14-31-19-21-7-5-10-25(17-21)37-24-8-3-2-4-9-24/h2-5,7-10,13,16-17,20,22-23,31H,6,11-12,14-15,18-19H2,1H3,(H,32,36)(H,30,33,34). The molecule has 1 amide bonds. The van der Waals surface area contributed by atoms with Crippen molar-refractivity contribution in [3.63, 3.8) is 0 Å². The van der Waals surface area contributed by atoms with Gasteiger partial charge in [0, 0.05) is 38.3 Å². The molecule has 4 aromatic rings. The number of amides is 1. The molecule has 0 radical (unpaired) electrons. The van der Waals surface area contributed by atoms with E-state index in [0.717, 1.165) is 67.1 Å². The van der Waals surface area contributed by atoms with Gasteiger partial charge in [0.15, 0.2) is 0 Å². The molecule has 2 aromatic carbocycles. The third-order valence-electron chi connectivity index (χ3n) is 6.95. The summed E-state index contributed by atoms with van der Waals surface area (Å²) >= 11 is 0. The van der Waals surface area contributed by atoms with Gasteiger partial charge in [-0.15, -0.1) is 0 Å². The highest BCUT2D eigenvalue weighted by atomic mass is 16.5. The molecule has 0 aliphatic heterocycles. The van der Waals surface area contributed by atoms with Crippen LogP contribution in [0.5, 0.6) is 11.5 Å². The van der Waals surface area contributed by atoms with Crippen LogP contribution < -0.4 is 20.7 Å². The largest absolute Gasteiger partial charge is 0.457 e. The number of benzene rings is 2. The maximum Gasteiger partial charge on any atom is 0.223 e. The lowest BCUT2D eigenvalue weighted by Gasteiger charge is -2.15. The smallest absolute Gasteiger partial charge is 0.223 e. The predicted molar refractivity (Wildman–Crippen MR) is 146 cm³/mol. The topological polar surface area (TPSA) is 93.1 Å². The van der Waals surface area contributed by atoms with Crippen LogP contribution in [-0.2, 0) is 11.3 Å². The molecule has 2 heterocycles. The van der Waals surface area contributed by atoms with Crippen molar-refractivity contribution >= 4 is 22.8 Å². The van der Waals surface area contributed by atoms with Crippen LogP contribution in [0.25, 0.3) is 11.0 Å². The number of carbonyl (C=O) groups is 1. The number of nitrogens with one attached hydrogen (secondary N) is 3. The molecule has 1 saturated carbocycles. The van der Waals surface area contributed by atoms with Crippen molar-refractivity contribution in [2.45, 2.75) is 38.3 Å². The van der Waals surface area contributed by atoms with Crippen molar-refractivity contribution < 1.29 is 9.53 Å². The molecule has 1 aliphatic rings. The van der Waals surface area contributed by atoms with E-state index >= 15 is 0 Å². The SMILES string of the molecule is CNc1ncnc2c1ccn2C1CCC(C(=O)NCCCNCc2cccc(Oc3ccccc3)c2)C1. The van der Waals surface area contributed by atoms with Crippen molar-refractivity contribution in [1.29, 1.82) is 0 Å². The zero-order chi connectivity index (χ0) is 25.5. The number of hydrogen-bond acceptors (Lipinski definition) is 6. The number of para-hydroxylation sites is 1. The van der Waals surface area contributed by atoms with Gasteiger partial charge in [0.25, 0.3) is 0 Å². The molecule has 0 spiro atoms. The first-order valence-electron chi connectivity index (χ1n) is 13.0. The van der Waals surface area contributed by atoms with Gasteiger partial charge in [0.2, 0.25) is 5.91 Å². The van der Waals surface area contributed by atoms with Crippen LogP contribution >= 0.6 is 0 Å². The highest BCUT2D eigenvalue weighted by Gasteiger charge is 2.31. The van der Waals surface area contributed by atoms with E-state index in [0.29, 0.717) is 6.54 Å². The lowest BCUT2D eigenvalue weighted by molar-refractivity contribution is -0.124. The van der Waals surface area contributed by atoms with Crippen molar-refractivity contribution in [3.05, 3.63) is 78.8 Å². The fourth-order valence-corrected chi connectivity index (χ4v) is 5.06. The molecule has 8 heteroatoms. The van der Waals surface area contributed by atoms with E-state index in [1.807, 2.05) is 55.6 Å². The van der Waals surface area contributed by atoms with Crippen LogP contribution in [0.4, 0.5) is 5.82 Å². The van der Waals surface area contributed by atoms with E-state index in [2.05, 4.69) is 48.8 Å². The third-order valence-corrected chi connectivity index (χ3v) is 6.95. The van der Waals surface area contributed by atoms with Gasteiger partial charge in [0.05, 0.1) is 5.39 Å². The molecule has 3 N–H and O–H groups in total. The minimum atomic E-state index is 0.0494. The lowest BCUT2D eigenvalue weighted by Crippen LogP contribution is -2.31. The van der Waals surface area contributed by atoms with Crippen molar-refractivity contribution in [2.24, 2.45) is 5.92 Å². The minimum Gasteiger partial charge on any atom is -0.457 e. The van der Waals surface area contributed by atoms with Gasteiger partial charge in [-0.2, -0.15) is 0 Å². The zero-order valence-electron chi connectivity index (χ0n) is 21.2. The van der Waals surface area contributed by atoms with Gasteiger partial charge in [-0.1, -0.05) is 30.3 Å². The molecule has 37 heavy (non-hydrogen) atoms. The van der Waals surface area contributed by atoms with Gasteiger partial charge >= 0.3 is 0 Å². The number of fused-ring (bicyclic) bond motifs is 1. The number of rotatable bonds is 11. The molecule has 2 unspecified atom stereocenters. The Bertz CT molecular complexity index is 1320. The van der Waals surface area contributed by atoms with E-state index < -0.39 is 0 Å². The monoisotopic (exact) mass is 498 g/mol. The van der Waals surface area contributed by atoms with E-state index in [1.54, 1.807) is 6.33 Å². The van der Waals surface area contributed by atoms with Gasteiger partial charge in [-0.05, 0) is 68.1 Å². The van der Waals surface area contributed by atoms with E-state index in [-0.39, 0.29) is 17.9 Å². The van der Waals surface area contributed by atoms with E-state index in [9.17, 15) is 4.79 Å². The molecule has 8 nitrogen and oxygen atoms in total. The van der Waals surface area contributed by atoms with Crippen LogP contribution in [0.3, 0.4) is 0 Å². The fraction of sp³-hybridized carbons (Fsp3) is 0.345. The number of nitrogens with zero attached hydrogens (tertiary/aromatic N) is 3. The van der Waals surface area contributed by atoms with Crippen LogP contribution in [0, 0.1) is 5.92 Å². The molecule has 5 rings (SSSR count). The first-order valence-corrected chi connectivity index (χ1v) is 13.0. The molecule has 192 valence electrons. The number of carbonyl (C=O) groups excluding carboxylic acids is 1. The van der Waals surface area contributed by atoms with E-state index in [1.165, 1.54) is 5.56 Å². The Morgan fingerprint density at radius 2 is 1.89 bits per heavy atom. The number of hydrogen-bond donors (Lipinski definition) is 3. The highest BCUT2D eigenvalue weighted by Crippen LogP contribution is 2.37. The average molecular weight is 499 g/mol. The first kappa shape index (κ1) is 24.8. The quantitative estimate of drug-likeness (QED) is 0.255. The summed E-state index contributed by atoms with van der Waals surface area (Å²) in [4.78, 5) is 21.6. The summed E-state index contributed by atoms with van der Waals surface area (Å²) in [6.07, 6.45) is 7.27. The summed E-state index contributed by atoms with van der Waals surface area (Å²) in [5, 5.41) is 10.7. The van der Waals surface area contributed by atoms with Crippen LogP contribution in [0.1, 0.15) is 37.3 Å². The Morgan fingerprint density at radius 3 is 2.76 bits per heavy atom. The number of anilines is 1. The highest BCUT2D eigenvalue weighted by molar-refractivity contribution is 5.87. The van der Waals surface area contributed by atoms with E-state index in [4.69, 9.17) is 4.74 Å². The normalized spacial score (nSPS) is 17.1. The summed E-state index contributed by atoms with van der Waals surface area (Å²) in [6, 6.07) is 20.2. The molecule has 0 bridgehead atoms. The average Bonchev–Trinajstić information content (AvgIpc) is 3.59. The molecule has 1 aliphatic carbocycles. The Labute approximate surface area is 217 Å². The third kappa shape index (κ3) is 6.09. The summed E-state index contributed by atoms with van der Waals surface area (Å²) in [5.74, 6) is 2.70. The number of aromatic nitrogens is 3. The lowest BCUT2D eigenvalue weighted by atomic mass is 10.1. The van der Waals surface area contributed by atoms with Crippen molar-refractivity contribution in [3.8, 4) is 11.5 Å². The van der Waals surface area contributed by atoms with Gasteiger partial charge < -0.3 is 25.3 Å². The van der Waals surface area contributed by atoms with Gasteiger partial charge in [-0.3, -0.25) is 4.79 Å². The second-order valence-corrected chi connectivity index (χ2v) is 9.48. The molecule has 2 aromatic heterocycles. The molecule has 1 fully saturated rings. The fourth-order valence-electron chi connectivity index (χ4n) is 5.06. The minimum absolute atomic E-state index is 0.0494. The van der Waals surface area contributed by atoms with Crippen molar-refractivity contribution in [2.75, 3.05) is 25.5 Å². The molecular weight excluding hydrogens is 464 g/mol. The Morgan fingerprint density at radius 1 is 1.03 bits per heavy atom. The Balaban J connectivity index is 1.02. The van der Waals surface area contributed by atoms with Crippen LogP contribution in [0.15, 0.2) is 73.2 Å². The first-order chi connectivity index (χ1) is 18.2. The van der Waals surface area contributed by atoms with Gasteiger partial charge in [-0.25, -0.2) is 9.97 Å². The van der Waals surface area contributed by atoms with Crippen molar-refractivity contribution in [1.82, 2.24) is 25.2 Å². The summed E-state index contributed by atoms with van der Waals surface area (Å²) in [7, 11) is 1.87. The maximum atomic E-state index is 12.8. The Kier molecular flexibility index (Phi) is 7.96. The Hall–Kier alpha value is -3.91. The zero-order valence-corrected chi connectivity index (χ0v) is 21.2. The summed E-state index contributed by atoms with van der Waals surface area (Å²) < 4.78 is 8.12. The summed E-state index contributed by atoms with van der Waals surface area (Å²) in [6.45, 7) is 2.27. The molecule has 2 atom stereocenters. The molecule has 0 saturated heterocycles.